The zero-order valence-corrected chi connectivity index (χ0v) is 11.9. The van der Waals surface area contributed by atoms with E-state index < -0.39 is 6.04 Å². The highest BCUT2D eigenvalue weighted by molar-refractivity contribution is 5.75. The fourth-order valence-corrected chi connectivity index (χ4v) is 1.98. The average molecular weight is 261 g/mol. The normalized spacial score (nSPS) is 15.4. The van der Waals surface area contributed by atoms with Crippen LogP contribution in [0.2, 0.25) is 0 Å². The van der Waals surface area contributed by atoms with Gasteiger partial charge in [-0.3, -0.25) is 4.79 Å². The van der Waals surface area contributed by atoms with Gasteiger partial charge in [0.15, 0.2) is 0 Å². The van der Waals surface area contributed by atoms with Gasteiger partial charge >= 0.3 is 5.97 Å². The van der Waals surface area contributed by atoms with Crippen molar-refractivity contribution in [2.45, 2.75) is 39.3 Å². The lowest BCUT2D eigenvalue weighted by Crippen LogP contribution is -2.34. The molecule has 0 radical (unpaired) electrons. The van der Waals surface area contributed by atoms with Crippen molar-refractivity contribution in [3.05, 3.63) is 48.0 Å². The number of rotatable bonds is 6. The highest BCUT2D eigenvalue weighted by Crippen LogP contribution is 2.22. The number of hydrogen-bond acceptors (Lipinski definition) is 3. The summed E-state index contributed by atoms with van der Waals surface area (Å²) in [6, 6.07) is 9.53. The molecule has 0 amide bonds. The third kappa shape index (κ3) is 4.87. The molecule has 1 aromatic rings. The molecule has 1 rings (SSSR count). The second-order valence-corrected chi connectivity index (χ2v) is 5.07. The lowest BCUT2D eigenvalue weighted by atomic mass is 9.89. The van der Waals surface area contributed by atoms with Gasteiger partial charge in [0.1, 0.15) is 12.1 Å². The monoisotopic (exact) mass is 261 g/mol. The molecule has 0 saturated carbocycles. The molecule has 19 heavy (non-hydrogen) atoms. The quantitative estimate of drug-likeness (QED) is 0.632. The standard InChI is InChI=1S/C16H23NO2/c1-11(2)15(10-14-8-6-5-7-9-14)13(4)19-16(18)12(3)17/h5-9,12-13,15H,1,10,17H2,2-4H3/t12-,13-,15+/m0/s1. The van der Waals surface area contributed by atoms with E-state index in [0.29, 0.717) is 0 Å². The summed E-state index contributed by atoms with van der Waals surface area (Å²) in [6.07, 6.45) is 0.583. The Morgan fingerprint density at radius 1 is 1.32 bits per heavy atom. The zero-order chi connectivity index (χ0) is 14.4. The van der Waals surface area contributed by atoms with Gasteiger partial charge in [0, 0.05) is 5.92 Å². The van der Waals surface area contributed by atoms with E-state index in [0.717, 1.165) is 12.0 Å². The summed E-state index contributed by atoms with van der Waals surface area (Å²) in [7, 11) is 0. The lowest BCUT2D eigenvalue weighted by molar-refractivity contribution is -0.151. The topological polar surface area (TPSA) is 52.3 Å². The third-order valence-electron chi connectivity index (χ3n) is 3.17. The number of carbonyl (C=O) groups excluding carboxylic acids is 1. The Kier molecular flexibility index (Phi) is 5.77. The molecule has 0 aliphatic rings. The molecule has 3 nitrogen and oxygen atoms in total. The van der Waals surface area contributed by atoms with Gasteiger partial charge in [0.2, 0.25) is 0 Å². The lowest BCUT2D eigenvalue weighted by Gasteiger charge is -2.25. The number of esters is 1. The molecule has 1 aromatic carbocycles. The number of ether oxygens (including phenoxy) is 1. The Hall–Kier alpha value is -1.61. The van der Waals surface area contributed by atoms with Gasteiger partial charge in [0.25, 0.3) is 0 Å². The van der Waals surface area contributed by atoms with Gasteiger partial charge in [-0.05, 0) is 32.8 Å². The Morgan fingerprint density at radius 2 is 1.89 bits per heavy atom. The number of benzene rings is 1. The predicted molar refractivity (Wildman–Crippen MR) is 77.7 cm³/mol. The first-order valence-electron chi connectivity index (χ1n) is 6.57. The van der Waals surface area contributed by atoms with Crippen molar-refractivity contribution in [2.75, 3.05) is 0 Å². The van der Waals surface area contributed by atoms with E-state index in [9.17, 15) is 4.79 Å². The van der Waals surface area contributed by atoms with Crippen LogP contribution in [0.3, 0.4) is 0 Å². The maximum atomic E-state index is 11.6. The minimum absolute atomic E-state index is 0.102. The van der Waals surface area contributed by atoms with Crippen LogP contribution in [0.1, 0.15) is 26.3 Å². The Balaban J connectivity index is 2.72. The van der Waals surface area contributed by atoms with Crippen molar-refractivity contribution < 1.29 is 9.53 Å². The molecule has 0 heterocycles. The van der Waals surface area contributed by atoms with Crippen LogP contribution in [0.5, 0.6) is 0 Å². The molecule has 0 saturated heterocycles. The summed E-state index contributed by atoms with van der Waals surface area (Å²) in [5, 5.41) is 0. The molecular formula is C16H23NO2. The van der Waals surface area contributed by atoms with Crippen molar-refractivity contribution in [1.82, 2.24) is 0 Å². The molecule has 0 aliphatic heterocycles. The Bertz CT molecular complexity index is 426. The minimum Gasteiger partial charge on any atom is -0.461 e. The molecule has 0 aliphatic carbocycles. The number of carbonyl (C=O) groups is 1. The summed E-state index contributed by atoms with van der Waals surface area (Å²) < 4.78 is 5.38. The van der Waals surface area contributed by atoms with E-state index in [1.54, 1.807) is 6.92 Å². The summed E-state index contributed by atoms with van der Waals surface area (Å²) in [6.45, 7) is 9.48. The molecule has 0 bridgehead atoms. The maximum Gasteiger partial charge on any atom is 0.322 e. The van der Waals surface area contributed by atoms with Crippen LogP contribution in [0.25, 0.3) is 0 Å². The smallest absolute Gasteiger partial charge is 0.322 e. The van der Waals surface area contributed by atoms with Gasteiger partial charge < -0.3 is 10.5 Å². The van der Waals surface area contributed by atoms with Crippen LogP contribution in [0.4, 0.5) is 0 Å². The molecule has 0 aromatic heterocycles. The summed E-state index contributed by atoms with van der Waals surface area (Å²) >= 11 is 0. The average Bonchev–Trinajstić information content (AvgIpc) is 2.36. The highest BCUT2D eigenvalue weighted by Gasteiger charge is 2.23. The van der Waals surface area contributed by atoms with E-state index in [2.05, 4.69) is 18.7 Å². The summed E-state index contributed by atoms with van der Waals surface area (Å²) in [5.41, 5.74) is 7.73. The van der Waals surface area contributed by atoms with Crippen LogP contribution in [0.15, 0.2) is 42.5 Å². The van der Waals surface area contributed by atoms with Crippen molar-refractivity contribution in [3.8, 4) is 0 Å². The fraction of sp³-hybridized carbons (Fsp3) is 0.438. The van der Waals surface area contributed by atoms with Gasteiger partial charge in [-0.2, -0.15) is 0 Å². The van der Waals surface area contributed by atoms with Crippen molar-refractivity contribution >= 4 is 5.97 Å². The van der Waals surface area contributed by atoms with Crippen molar-refractivity contribution in [1.29, 1.82) is 0 Å². The highest BCUT2D eigenvalue weighted by atomic mass is 16.5. The third-order valence-corrected chi connectivity index (χ3v) is 3.17. The molecule has 3 atom stereocenters. The van der Waals surface area contributed by atoms with Crippen LogP contribution in [0, 0.1) is 5.92 Å². The summed E-state index contributed by atoms with van der Waals surface area (Å²) in [4.78, 5) is 11.6. The first kappa shape index (κ1) is 15.4. The van der Waals surface area contributed by atoms with Crippen molar-refractivity contribution in [2.24, 2.45) is 11.7 Å². The number of hydrogen-bond donors (Lipinski definition) is 1. The van der Waals surface area contributed by atoms with Gasteiger partial charge in [-0.1, -0.05) is 42.5 Å². The SMILES string of the molecule is C=C(C)[C@@H](Cc1ccccc1)[C@H](C)OC(=O)[C@H](C)N. The first-order chi connectivity index (χ1) is 8.91. The van der Waals surface area contributed by atoms with Crippen molar-refractivity contribution in [3.63, 3.8) is 0 Å². The minimum atomic E-state index is -0.593. The van der Waals surface area contributed by atoms with E-state index in [-0.39, 0.29) is 18.0 Å². The van der Waals surface area contributed by atoms with Crippen LogP contribution in [-0.2, 0) is 16.0 Å². The molecule has 0 unspecified atom stereocenters. The maximum absolute atomic E-state index is 11.6. The Labute approximate surface area is 115 Å². The van der Waals surface area contributed by atoms with E-state index >= 15 is 0 Å². The largest absolute Gasteiger partial charge is 0.461 e. The molecule has 104 valence electrons. The van der Waals surface area contributed by atoms with Crippen LogP contribution in [-0.4, -0.2) is 18.1 Å². The molecule has 0 spiro atoms. The molecule has 3 heteroatoms. The zero-order valence-electron chi connectivity index (χ0n) is 11.9. The molecule has 0 fully saturated rings. The molecular weight excluding hydrogens is 238 g/mol. The number of nitrogens with two attached hydrogens (primary N) is 1. The van der Waals surface area contributed by atoms with Gasteiger partial charge in [0.05, 0.1) is 0 Å². The first-order valence-corrected chi connectivity index (χ1v) is 6.57. The second-order valence-electron chi connectivity index (χ2n) is 5.07. The Morgan fingerprint density at radius 3 is 2.37 bits per heavy atom. The van der Waals surface area contributed by atoms with E-state index in [1.807, 2.05) is 32.0 Å². The fourth-order valence-electron chi connectivity index (χ4n) is 1.98. The van der Waals surface area contributed by atoms with Crippen LogP contribution < -0.4 is 5.73 Å². The molecule has 2 N–H and O–H groups in total. The van der Waals surface area contributed by atoms with Crippen LogP contribution >= 0.6 is 0 Å². The van der Waals surface area contributed by atoms with Gasteiger partial charge in [-0.15, -0.1) is 0 Å². The predicted octanol–water partition coefficient (Wildman–Crippen LogP) is 2.70. The van der Waals surface area contributed by atoms with Gasteiger partial charge in [-0.25, -0.2) is 0 Å². The second kappa shape index (κ2) is 7.10. The van der Waals surface area contributed by atoms with E-state index in [4.69, 9.17) is 10.5 Å². The summed E-state index contributed by atoms with van der Waals surface area (Å²) in [5.74, 6) is -0.267. The van der Waals surface area contributed by atoms with E-state index in [1.165, 1.54) is 5.56 Å².